The van der Waals surface area contributed by atoms with Crippen LogP contribution >= 0.6 is 0 Å². The van der Waals surface area contributed by atoms with Crippen LogP contribution < -0.4 is 5.73 Å². The Morgan fingerprint density at radius 1 is 1.59 bits per heavy atom. The number of nitrogens with two attached hydrogens (primary N) is 1. The minimum absolute atomic E-state index is 0.231. The lowest BCUT2D eigenvalue weighted by atomic mass is 10.1. The van der Waals surface area contributed by atoms with E-state index in [1.54, 1.807) is 12.1 Å². The van der Waals surface area contributed by atoms with Gasteiger partial charge in [0.05, 0.1) is 11.3 Å². The fourth-order valence-corrected chi connectivity index (χ4v) is 2.12. The molecule has 2 rings (SSSR count). The number of hydrogen-bond donors (Lipinski definition) is 2. The monoisotopic (exact) mass is 235 g/mol. The second kappa shape index (κ2) is 5.25. The maximum Gasteiger partial charge on any atom is 0.337 e. The van der Waals surface area contributed by atoms with Gasteiger partial charge in [-0.1, -0.05) is 0 Å². The Labute approximate surface area is 100 Å². The van der Waals surface area contributed by atoms with E-state index < -0.39 is 5.97 Å². The molecule has 1 aromatic heterocycles. The van der Waals surface area contributed by atoms with Crippen molar-refractivity contribution in [2.45, 2.75) is 13.0 Å². The molecule has 1 saturated heterocycles. The molecule has 3 N–H and O–H groups in total. The van der Waals surface area contributed by atoms with Gasteiger partial charge in [-0.25, -0.2) is 4.79 Å². The van der Waals surface area contributed by atoms with Crippen molar-refractivity contribution in [2.75, 3.05) is 19.6 Å². The van der Waals surface area contributed by atoms with Crippen LogP contribution in [-0.4, -0.2) is 40.6 Å². The van der Waals surface area contributed by atoms with E-state index in [1.807, 2.05) is 0 Å². The highest BCUT2D eigenvalue weighted by atomic mass is 16.4. The van der Waals surface area contributed by atoms with E-state index in [0.29, 0.717) is 5.92 Å². The lowest BCUT2D eigenvalue weighted by Crippen LogP contribution is -2.23. The number of carboxylic acid groups (broad SMARTS) is 1. The van der Waals surface area contributed by atoms with Gasteiger partial charge in [-0.05, 0) is 37.6 Å². The van der Waals surface area contributed by atoms with Gasteiger partial charge in [0, 0.05) is 19.3 Å². The Morgan fingerprint density at radius 2 is 2.41 bits per heavy atom. The maximum atomic E-state index is 10.7. The summed E-state index contributed by atoms with van der Waals surface area (Å²) in [5.41, 5.74) is 6.78. The smallest absolute Gasteiger partial charge is 0.337 e. The molecule has 0 radical (unpaired) electrons. The quantitative estimate of drug-likeness (QED) is 0.797. The highest BCUT2D eigenvalue weighted by Gasteiger charge is 2.21. The third-order valence-electron chi connectivity index (χ3n) is 3.16. The molecule has 0 amide bonds. The summed E-state index contributed by atoms with van der Waals surface area (Å²) in [5, 5.41) is 8.76. The van der Waals surface area contributed by atoms with E-state index in [9.17, 15) is 4.79 Å². The molecule has 1 fully saturated rings. The molecule has 92 valence electrons. The van der Waals surface area contributed by atoms with Crippen LogP contribution in [0.4, 0.5) is 0 Å². The summed E-state index contributed by atoms with van der Waals surface area (Å²) < 4.78 is 0. The molecule has 1 aliphatic rings. The van der Waals surface area contributed by atoms with Gasteiger partial charge in [0.25, 0.3) is 0 Å². The van der Waals surface area contributed by atoms with Crippen LogP contribution in [0, 0.1) is 5.92 Å². The van der Waals surface area contributed by atoms with Crippen molar-refractivity contribution in [3.8, 4) is 0 Å². The van der Waals surface area contributed by atoms with Gasteiger partial charge in [0.1, 0.15) is 0 Å². The van der Waals surface area contributed by atoms with E-state index in [4.69, 9.17) is 10.8 Å². The van der Waals surface area contributed by atoms with Crippen molar-refractivity contribution in [1.82, 2.24) is 9.88 Å². The summed E-state index contributed by atoms with van der Waals surface area (Å²) >= 11 is 0. The average Bonchev–Trinajstić information content (AvgIpc) is 2.77. The first-order valence-corrected chi connectivity index (χ1v) is 5.79. The largest absolute Gasteiger partial charge is 0.478 e. The second-order valence-corrected chi connectivity index (χ2v) is 4.47. The summed E-state index contributed by atoms with van der Waals surface area (Å²) in [6.07, 6.45) is 2.55. The fraction of sp³-hybridized carbons (Fsp3) is 0.500. The number of rotatable bonds is 4. The summed E-state index contributed by atoms with van der Waals surface area (Å²) in [7, 11) is 0. The zero-order chi connectivity index (χ0) is 12.3. The molecule has 17 heavy (non-hydrogen) atoms. The molecule has 2 heterocycles. The lowest BCUT2D eigenvalue weighted by Gasteiger charge is -2.14. The Hall–Kier alpha value is -1.46. The highest BCUT2D eigenvalue weighted by Crippen LogP contribution is 2.16. The third-order valence-corrected chi connectivity index (χ3v) is 3.16. The minimum atomic E-state index is -0.937. The number of hydrogen-bond acceptors (Lipinski definition) is 4. The normalized spacial score (nSPS) is 20.6. The molecule has 5 nitrogen and oxygen atoms in total. The van der Waals surface area contributed by atoms with Crippen molar-refractivity contribution < 1.29 is 9.90 Å². The number of carboxylic acids is 1. The van der Waals surface area contributed by atoms with Gasteiger partial charge in [-0.3, -0.25) is 9.88 Å². The van der Waals surface area contributed by atoms with E-state index in [0.717, 1.165) is 38.3 Å². The van der Waals surface area contributed by atoms with E-state index in [2.05, 4.69) is 9.88 Å². The Balaban J connectivity index is 1.93. The number of aromatic nitrogens is 1. The molecule has 0 spiro atoms. The molecule has 0 saturated carbocycles. The van der Waals surface area contributed by atoms with Crippen LogP contribution in [0.3, 0.4) is 0 Å². The van der Waals surface area contributed by atoms with Crippen molar-refractivity contribution in [3.05, 3.63) is 29.6 Å². The first-order valence-electron chi connectivity index (χ1n) is 5.79. The number of aromatic carboxylic acids is 1. The predicted molar refractivity (Wildman–Crippen MR) is 63.6 cm³/mol. The highest BCUT2D eigenvalue weighted by molar-refractivity contribution is 5.87. The number of likely N-dealkylation sites (tertiary alicyclic amines) is 1. The van der Waals surface area contributed by atoms with Crippen molar-refractivity contribution >= 4 is 5.97 Å². The van der Waals surface area contributed by atoms with Crippen LogP contribution in [0.25, 0.3) is 0 Å². The van der Waals surface area contributed by atoms with Crippen LogP contribution in [0.5, 0.6) is 0 Å². The molecule has 1 aliphatic heterocycles. The van der Waals surface area contributed by atoms with Gasteiger partial charge in [0.2, 0.25) is 0 Å². The van der Waals surface area contributed by atoms with E-state index >= 15 is 0 Å². The van der Waals surface area contributed by atoms with Crippen LogP contribution in [0.1, 0.15) is 22.5 Å². The Kier molecular flexibility index (Phi) is 3.71. The Bertz CT molecular complexity index is 391. The van der Waals surface area contributed by atoms with Gasteiger partial charge in [-0.15, -0.1) is 0 Å². The molecule has 0 aromatic carbocycles. The fourth-order valence-electron chi connectivity index (χ4n) is 2.12. The van der Waals surface area contributed by atoms with Gasteiger partial charge < -0.3 is 10.8 Å². The molecule has 1 aromatic rings. The zero-order valence-electron chi connectivity index (χ0n) is 9.67. The summed E-state index contributed by atoms with van der Waals surface area (Å²) in [5.74, 6) is -0.346. The number of pyridine rings is 1. The average molecular weight is 235 g/mol. The first-order chi connectivity index (χ1) is 8.19. The molecular weight excluding hydrogens is 218 g/mol. The topological polar surface area (TPSA) is 79.5 Å². The van der Waals surface area contributed by atoms with Crippen molar-refractivity contribution in [1.29, 1.82) is 0 Å². The lowest BCUT2D eigenvalue weighted by molar-refractivity contribution is 0.0696. The number of nitrogens with zero attached hydrogens (tertiary/aromatic N) is 2. The van der Waals surface area contributed by atoms with E-state index in [1.165, 1.54) is 6.20 Å². The van der Waals surface area contributed by atoms with Crippen molar-refractivity contribution in [2.24, 2.45) is 11.7 Å². The number of carbonyl (C=O) groups is 1. The molecule has 5 heteroatoms. The SMILES string of the molecule is NCC1CCN(Cc2ccc(C(=O)O)cn2)C1. The maximum absolute atomic E-state index is 10.7. The van der Waals surface area contributed by atoms with Gasteiger partial charge >= 0.3 is 5.97 Å². The minimum Gasteiger partial charge on any atom is -0.478 e. The van der Waals surface area contributed by atoms with Crippen LogP contribution in [0.2, 0.25) is 0 Å². The van der Waals surface area contributed by atoms with Crippen molar-refractivity contribution in [3.63, 3.8) is 0 Å². The molecule has 1 atom stereocenters. The third kappa shape index (κ3) is 3.01. The first kappa shape index (κ1) is 12.0. The van der Waals surface area contributed by atoms with Crippen LogP contribution in [0.15, 0.2) is 18.3 Å². The molecule has 1 unspecified atom stereocenters. The van der Waals surface area contributed by atoms with Gasteiger partial charge in [-0.2, -0.15) is 0 Å². The second-order valence-electron chi connectivity index (χ2n) is 4.47. The summed E-state index contributed by atoms with van der Waals surface area (Å²) in [4.78, 5) is 17.1. The zero-order valence-corrected chi connectivity index (χ0v) is 9.67. The molecule has 0 aliphatic carbocycles. The Morgan fingerprint density at radius 3 is 2.94 bits per heavy atom. The van der Waals surface area contributed by atoms with Gasteiger partial charge in [0.15, 0.2) is 0 Å². The van der Waals surface area contributed by atoms with Crippen LogP contribution in [-0.2, 0) is 6.54 Å². The molecular formula is C12H17N3O2. The standard InChI is InChI=1S/C12H17N3O2/c13-5-9-3-4-15(7-9)8-11-2-1-10(6-14-11)12(16)17/h1-2,6,9H,3-5,7-8,13H2,(H,16,17). The summed E-state index contributed by atoms with van der Waals surface area (Å²) in [6, 6.07) is 3.38. The summed E-state index contributed by atoms with van der Waals surface area (Å²) in [6.45, 7) is 3.57. The van der Waals surface area contributed by atoms with E-state index in [-0.39, 0.29) is 5.56 Å². The molecule has 0 bridgehead atoms. The predicted octanol–water partition coefficient (Wildman–Crippen LogP) is 0.560.